The maximum Gasteiger partial charge on any atom is 0.266 e. The van der Waals surface area contributed by atoms with Crippen molar-refractivity contribution in [1.29, 1.82) is 0 Å². The molecule has 0 fully saturated rings. The van der Waals surface area contributed by atoms with Crippen LogP contribution in [-0.4, -0.2) is 10.9 Å². The molecule has 0 bridgehead atoms. The number of nitrogens with zero attached hydrogens (tertiary/aromatic N) is 1. The molecule has 2 aromatic heterocycles. The molecule has 0 spiro atoms. The highest BCUT2D eigenvalue weighted by atomic mass is 32.1. The van der Waals surface area contributed by atoms with E-state index in [4.69, 9.17) is 5.73 Å². The van der Waals surface area contributed by atoms with Crippen LogP contribution in [0.5, 0.6) is 0 Å². The summed E-state index contributed by atoms with van der Waals surface area (Å²) in [6.07, 6.45) is 1.06. The fourth-order valence-corrected chi connectivity index (χ4v) is 2.74. The second kappa shape index (κ2) is 4.90. The Morgan fingerprint density at radius 3 is 2.85 bits per heavy atom. The second-order valence-corrected chi connectivity index (χ2v) is 5.31. The van der Waals surface area contributed by atoms with E-state index in [-0.39, 0.29) is 5.91 Å². The lowest BCUT2D eigenvalue weighted by molar-refractivity contribution is 0.103. The van der Waals surface area contributed by atoms with Gasteiger partial charge in [0.2, 0.25) is 0 Å². The number of anilines is 2. The van der Waals surface area contributed by atoms with Gasteiger partial charge in [0.05, 0.1) is 11.1 Å². The standard InChI is InChI=1S/C14H10FN3OS/c15-9-1-4-13(17-7-9)18-14(19)12-6-8-5-10(16)2-3-11(8)20-12/h1-7H,16H2,(H,17,18,19). The van der Waals surface area contributed by atoms with Crippen LogP contribution in [0.25, 0.3) is 10.1 Å². The van der Waals surface area contributed by atoms with Gasteiger partial charge in [0.15, 0.2) is 0 Å². The van der Waals surface area contributed by atoms with Crippen LogP contribution in [-0.2, 0) is 0 Å². The highest BCUT2D eigenvalue weighted by molar-refractivity contribution is 7.20. The van der Waals surface area contributed by atoms with Crippen LogP contribution in [0.2, 0.25) is 0 Å². The number of thiophene rings is 1. The summed E-state index contributed by atoms with van der Waals surface area (Å²) in [5, 5.41) is 3.55. The monoisotopic (exact) mass is 287 g/mol. The number of carbonyl (C=O) groups excluding carboxylic acids is 1. The third-order valence-electron chi connectivity index (χ3n) is 2.73. The summed E-state index contributed by atoms with van der Waals surface area (Å²) in [5.41, 5.74) is 6.36. The number of nitrogen functional groups attached to an aromatic ring is 1. The minimum absolute atomic E-state index is 0.274. The first-order chi connectivity index (χ1) is 9.61. The molecule has 0 aliphatic carbocycles. The lowest BCUT2D eigenvalue weighted by Gasteiger charge is -2.01. The van der Waals surface area contributed by atoms with Gasteiger partial charge in [-0.3, -0.25) is 4.79 Å². The van der Waals surface area contributed by atoms with E-state index in [1.165, 1.54) is 23.5 Å². The van der Waals surface area contributed by atoms with Gasteiger partial charge in [-0.15, -0.1) is 11.3 Å². The van der Waals surface area contributed by atoms with Crippen molar-refractivity contribution < 1.29 is 9.18 Å². The number of halogens is 1. The third-order valence-corrected chi connectivity index (χ3v) is 3.85. The lowest BCUT2D eigenvalue weighted by atomic mass is 10.2. The normalized spacial score (nSPS) is 10.7. The van der Waals surface area contributed by atoms with Crippen LogP contribution >= 0.6 is 11.3 Å². The highest BCUT2D eigenvalue weighted by Gasteiger charge is 2.11. The Balaban J connectivity index is 1.86. The SMILES string of the molecule is Nc1ccc2sc(C(=O)Nc3ccc(F)cn3)cc2c1. The molecule has 3 rings (SSSR count). The molecule has 0 saturated carbocycles. The summed E-state index contributed by atoms with van der Waals surface area (Å²) in [5.74, 6) is -0.405. The number of hydrogen-bond donors (Lipinski definition) is 2. The number of nitrogens with two attached hydrogens (primary N) is 1. The minimum Gasteiger partial charge on any atom is -0.399 e. The summed E-state index contributed by atoms with van der Waals surface area (Å²) in [6.45, 7) is 0. The Morgan fingerprint density at radius 2 is 2.10 bits per heavy atom. The molecule has 1 aromatic carbocycles. The molecule has 0 aliphatic heterocycles. The highest BCUT2D eigenvalue weighted by Crippen LogP contribution is 2.27. The summed E-state index contributed by atoms with van der Waals surface area (Å²) < 4.78 is 13.7. The van der Waals surface area contributed by atoms with Crippen LogP contribution in [0, 0.1) is 5.82 Å². The van der Waals surface area contributed by atoms with Gasteiger partial charge in [-0.1, -0.05) is 0 Å². The molecule has 6 heteroatoms. The summed E-state index contributed by atoms with van der Waals surface area (Å²) in [6, 6.07) is 9.92. The predicted octanol–water partition coefficient (Wildman–Crippen LogP) is 3.27. The number of rotatable bonds is 2. The van der Waals surface area contributed by atoms with Gasteiger partial charge in [-0.2, -0.15) is 0 Å². The number of aromatic nitrogens is 1. The van der Waals surface area contributed by atoms with Crippen molar-refractivity contribution in [2.75, 3.05) is 11.1 Å². The van der Waals surface area contributed by atoms with Gasteiger partial charge >= 0.3 is 0 Å². The number of carbonyl (C=O) groups is 1. The molecule has 100 valence electrons. The van der Waals surface area contributed by atoms with Crippen LogP contribution in [0.4, 0.5) is 15.9 Å². The van der Waals surface area contributed by atoms with Gasteiger partial charge < -0.3 is 11.1 Å². The van der Waals surface area contributed by atoms with E-state index in [0.29, 0.717) is 16.4 Å². The smallest absolute Gasteiger partial charge is 0.266 e. The number of fused-ring (bicyclic) bond motifs is 1. The Labute approximate surface area is 118 Å². The van der Waals surface area contributed by atoms with E-state index in [9.17, 15) is 9.18 Å². The van der Waals surface area contributed by atoms with Gasteiger partial charge in [-0.25, -0.2) is 9.37 Å². The zero-order chi connectivity index (χ0) is 14.1. The molecule has 3 N–H and O–H groups in total. The summed E-state index contributed by atoms with van der Waals surface area (Å²) in [7, 11) is 0. The Hall–Kier alpha value is -2.47. The first-order valence-corrected chi connectivity index (χ1v) is 6.65. The minimum atomic E-state index is -0.444. The zero-order valence-electron chi connectivity index (χ0n) is 10.3. The van der Waals surface area contributed by atoms with Crippen LogP contribution in [0.15, 0.2) is 42.6 Å². The predicted molar refractivity (Wildman–Crippen MR) is 78.4 cm³/mol. The molecule has 0 saturated heterocycles. The molecule has 20 heavy (non-hydrogen) atoms. The first kappa shape index (κ1) is 12.6. The van der Waals surface area contributed by atoms with Crippen LogP contribution in [0.3, 0.4) is 0 Å². The number of hydrogen-bond acceptors (Lipinski definition) is 4. The third kappa shape index (κ3) is 2.46. The van der Waals surface area contributed by atoms with E-state index in [1.807, 2.05) is 12.1 Å². The van der Waals surface area contributed by atoms with Crippen LogP contribution < -0.4 is 11.1 Å². The summed E-state index contributed by atoms with van der Waals surface area (Å²) >= 11 is 1.37. The molecule has 4 nitrogen and oxygen atoms in total. The molecule has 1 amide bonds. The number of pyridine rings is 1. The first-order valence-electron chi connectivity index (χ1n) is 5.84. The maximum atomic E-state index is 12.7. The van der Waals surface area contributed by atoms with Gasteiger partial charge in [-0.05, 0) is 41.8 Å². The molecular formula is C14H10FN3OS. The average Bonchev–Trinajstić information content (AvgIpc) is 2.84. The molecule has 0 radical (unpaired) electrons. The van der Waals surface area contributed by atoms with E-state index in [0.717, 1.165) is 16.3 Å². The Kier molecular flexibility index (Phi) is 3.08. The molecule has 0 unspecified atom stereocenters. The lowest BCUT2D eigenvalue weighted by Crippen LogP contribution is -2.11. The molecule has 2 heterocycles. The van der Waals surface area contributed by atoms with Crippen molar-refractivity contribution in [3.8, 4) is 0 Å². The van der Waals surface area contributed by atoms with Crippen molar-refractivity contribution in [2.45, 2.75) is 0 Å². The van der Waals surface area contributed by atoms with Crippen molar-refractivity contribution >= 4 is 38.8 Å². The molecular weight excluding hydrogens is 277 g/mol. The zero-order valence-corrected chi connectivity index (χ0v) is 11.1. The van der Waals surface area contributed by atoms with Crippen molar-refractivity contribution in [2.24, 2.45) is 0 Å². The number of benzene rings is 1. The Bertz CT molecular complexity index is 783. The summed E-state index contributed by atoms with van der Waals surface area (Å²) in [4.78, 5) is 16.4. The van der Waals surface area contributed by atoms with Crippen molar-refractivity contribution in [3.63, 3.8) is 0 Å². The fourth-order valence-electron chi connectivity index (χ4n) is 1.80. The van der Waals surface area contributed by atoms with E-state index in [1.54, 1.807) is 12.1 Å². The van der Waals surface area contributed by atoms with E-state index >= 15 is 0 Å². The van der Waals surface area contributed by atoms with Crippen LogP contribution in [0.1, 0.15) is 9.67 Å². The topological polar surface area (TPSA) is 68.0 Å². The van der Waals surface area contributed by atoms with Crippen molar-refractivity contribution in [1.82, 2.24) is 4.98 Å². The molecule has 0 aliphatic rings. The second-order valence-electron chi connectivity index (χ2n) is 4.22. The Morgan fingerprint density at radius 1 is 1.25 bits per heavy atom. The maximum absolute atomic E-state index is 12.7. The average molecular weight is 287 g/mol. The van der Waals surface area contributed by atoms with Gasteiger partial charge in [0.25, 0.3) is 5.91 Å². The fraction of sp³-hybridized carbons (Fsp3) is 0. The quantitative estimate of drug-likeness (QED) is 0.711. The van der Waals surface area contributed by atoms with E-state index in [2.05, 4.69) is 10.3 Å². The van der Waals surface area contributed by atoms with Gasteiger partial charge in [0.1, 0.15) is 11.6 Å². The van der Waals surface area contributed by atoms with E-state index < -0.39 is 5.82 Å². The van der Waals surface area contributed by atoms with Crippen molar-refractivity contribution in [3.05, 3.63) is 53.3 Å². The largest absolute Gasteiger partial charge is 0.399 e. The number of nitrogens with one attached hydrogen (secondary N) is 1. The number of amides is 1. The van der Waals surface area contributed by atoms with Gasteiger partial charge in [0, 0.05) is 10.4 Å². The molecule has 3 aromatic rings. The molecule has 0 atom stereocenters.